The van der Waals surface area contributed by atoms with E-state index in [1.807, 2.05) is 0 Å². The number of aliphatic imine (C=N–C) groups is 1. The van der Waals surface area contributed by atoms with Gasteiger partial charge in [-0.15, -0.1) is 0 Å². The summed E-state index contributed by atoms with van der Waals surface area (Å²) in [5.41, 5.74) is 0.982. The van der Waals surface area contributed by atoms with E-state index in [-0.39, 0.29) is 24.0 Å². The first-order valence-corrected chi connectivity index (χ1v) is 11.3. The number of benzene rings is 2. The third kappa shape index (κ3) is 6.91. The summed E-state index contributed by atoms with van der Waals surface area (Å²) in [4.78, 5) is 31.7. The van der Waals surface area contributed by atoms with Gasteiger partial charge in [0.15, 0.2) is 5.17 Å². The maximum Gasteiger partial charge on any atom is 0.387 e. The molecule has 0 aromatic heterocycles. The Morgan fingerprint density at radius 2 is 1.91 bits per heavy atom. The third-order valence-electron chi connectivity index (χ3n) is 4.79. The molecule has 0 spiro atoms. The Kier molecular flexibility index (Phi) is 9.23. The Morgan fingerprint density at radius 3 is 2.59 bits per heavy atom. The summed E-state index contributed by atoms with van der Waals surface area (Å²) in [6.07, 6.45) is 0.533. The molecule has 2 amide bonds. The fraction of sp³-hybridized carbons (Fsp3) is 0.348. The molecule has 1 atom stereocenters. The SMILES string of the molecule is COCCCN1C(=O)C(CC(=O)Nc2ccccc2OC)SC1=Nc1ccc(OC(F)F)cc1. The number of carbonyl (C=O) groups excluding carboxylic acids is 2. The number of hydrogen-bond donors (Lipinski definition) is 1. The van der Waals surface area contributed by atoms with Gasteiger partial charge in [-0.1, -0.05) is 23.9 Å². The standard InChI is InChI=1S/C23H25F2N3O5S/c1-31-13-5-12-28-21(30)19(14-20(29)27-17-6-3-4-7-18(17)32-2)34-23(28)26-15-8-10-16(11-9-15)33-22(24)25/h3-4,6-11,19,22H,5,12-14H2,1-2H3,(H,27,29). The highest BCUT2D eigenvalue weighted by atomic mass is 32.2. The summed E-state index contributed by atoms with van der Waals surface area (Å²) >= 11 is 1.19. The van der Waals surface area contributed by atoms with Crippen molar-refractivity contribution in [2.24, 2.45) is 4.99 Å². The molecule has 1 aliphatic heterocycles. The van der Waals surface area contributed by atoms with E-state index in [9.17, 15) is 18.4 Å². The Bertz CT molecular complexity index is 1020. The van der Waals surface area contributed by atoms with Gasteiger partial charge in [-0.25, -0.2) is 4.99 Å². The van der Waals surface area contributed by atoms with E-state index >= 15 is 0 Å². The minimum atomic E-state index is -2.92. The molecule has 1 saturated heterocycles. The van der Waals surface area contributed by atoms with E-state index in [2.05, 4.69) is 15.0 Å². The molecule has 34 heavy (non-hydrogen) atoms. The van der Waals surface area contributed by atoms with Crippen LogP contribution in [0.25, 0.3) is 0 Å². The van der Waals surface area contributed by atoms with Crippen molar-refractivity contribution in [3.63, 3.8) is 0 Å². The Labute approximate surface area is 200 Å². The van der Waals surface area contributed by atoms with E-state index in [0.717, 1.165) is 0 Å². The lowest BCUT2D eigenvalue weighted by Gasteiger charge is -2.16. The highest BCUT2D eigenvalue weighted by Gasteiger charge is 2.39. The lowest BCUT2D eigenvalue weighted by molar-refractivity contribution is -0.128. The van der Waals surface area contributed by atoms with Crippen LogP contribution >= 0.6 is 11.8 Å². The number of nitrogens with zero attached hydrogens (tertiary/aromatic N) is 2. The number of para-hydroxylation sites is 2. The van der Waals surface area contributed by atoms with Crippen LogP contribution in [0.2, 0.25) is 0 Å². The molecule has 0 bridgehead atoms. The lowest BCUT2D eigenvalue weighted by Crippen LogP contribution is -2.34. The number of alkyl halides is 2. The molecular weight excluding hydrogens is 468 g/mol. The molecule has 1 aliphatic rings. The van der Waals surface area contributed by atoms with Gasteiger partial charge in [0.2, 0.25) is 11.8 Å². The number of hydrogen-bond acceptors (Lipinski definition) is 7. The van der Waals surface area contributed by atoms with Crippen molar-refractivity contribution in [1.29, 1.82) is 0 Å². The Balaban J connectivity index is 1.73. The lowest BCUT2D eigenvalue weighted by atomic mass is 10.2. The fourth-order valence-corrected chi connectivity index (χ4v) is 4.41. The Hall–Kier alpha value is -3.18. The van der Waals surface area contributed by atoms with E-state index < -0.39 is 11.9 Å². The monoisotopic (exact) mass is 493 g/mol. The van der Waals surface area contributed by atoms with Crippen LogP contribution in [0.5, 0.6) is 11.5 Å². The molecule has 1 N–H and O–H groups in total. The summed E-state index contributed by atoms with van der Waals surface area (Å²) in [7, 11) is 3.08. The van der Waals surface area contributed by atoms with Gasteiger partial charge in [0.25, 0.3) is 0 Å². The number of methoxy groups -OCH3 is 2. The Morgan fingerprint density at radius 1 is 1.18 bits per heavy atom. The number of carbonyl (C=O) groups is 2. The van der Waals surface area contributed by atoms with E-state index in [1.54, 1.807) is 31.4 Å². The van der Waals surface area contributed by atoms with Crippen LogP contribution in [0, 0.1) is 0 Å². The van der Waals surface area contributed by atoms with Crippen molar-refractivity contribution >= 4 is 40.1 Å². The van der Waals surface area contributed by atoms with Crippen LogP contribution < -0.4 is 14.8 Å². The highest BCUT2D eigenvalue weighted by Crippen LogP contribution is 2.33. The molecule has 0 radical (unpaired) electrons. The van der Waals surface area contributed by atoms with Gasteiger partial charge in [-0.2, -0.15) is 8.78 Å². The van der Waals surface area contributed by atoms with Crippen molar-refractivity contribution < 1.29 is 32.6 Å². The van der Waals surface area contributed by atoms with Crippen molar-refractivity contribution in [2.75, 3.05) is 32.7 Å². The molecule has 1 fully saturated rings. The molecular formula is C23H25F2N3O5S. The zero-order valence-electron chi connectivity index (χ0n) is 18.7. The van der Waals surface area contributed by atoms with Crippen molar-refractivity contribution in [2.45, 2.75) is 24.7 Å². The molecule has 8 nitrogen and oxygen atoms in total. The number of ether oxygens (including phenoxy) is 3. The summed E-state index contributed by atoms with van der Waals surface area (Å²) in [5, 5.41) is 2.55. The first kappa shape index (κ1) is 25.4. The number of thioether (sulfide) groups is 1. The second-order valence-electron chi connectivity index (χ2n) is 7.16. The van der Waals surface area contributed by atoms with E-state index in [1.165, 1.54) is 48.0 Å². The summed E-state index contributed by atoms with van der Waals surface area (Å²) in [5.74, 6) is -0.0319. The topological polar surface area (TPSA) is 89.5 Å². The number of anilines is 1. The molecule has 0 aliphatic carbocycles. The van der Waals surface area contributed by atoms with Crippen LogP contribution in [0.15, 0.2) is 53.5 Å². The molecule has 2 aromatic carbocycles. The van der Waals surface area contributed by atoms with Crippen molar-refractivity contribution in [1.82, 2.24) is 4.90 Å². The van der Waals surface area contributed by atoms with Gasteiger partial charge >= 0.3 is 6.61 Å². The molecule has 3 rings (SSSR count). The average Bonchev–Trinajstić information content (AvgIpc) is 3.09. The number of amidine groups is 1. The quantitative estimate of drug-likeness (QED) is 0.470. The van der Waals surface area contributed by atoms with E-state index in [4.69, 9.17) is 9.47 Å². The first-order valence-electron chi connectivity index (χ1n) is 10.4. The van der Waals surface area contributed by atoms with Crippen LogP contribution in [0.1, 0.15) is 12.8 Å². The molecule has 1 unspecified atom stereocenters. The molecule has 182 valence electrons. The minimum Gasteiger partial charge on any atom is -0.495 e. The summed E-state index contributed by atoms with van der Waals surface area (Å²) in [6.45, 7) is -2.09. The predicted octanol–water partition coefficient (Wildman–Crippen LogP) is 4.29. The van der Waals surface area contributed by atoms with Crippen LogP contribution in [0.4, 0.5) is 20.2 Å². The largest absolute Gasteiger partial charge is 0.495 e. The maximum absolute atomic E-state index is 13.1. The second kappa shape index (κ2) is 12.3. The van der Waals surface area contributed by atoms with Gasteiger partial charge in [-0.05, 0) is 42.8 Å². The van der Waals surface area contributed by atoms with Crippen LogP contribution in [0.3, 0.4) is 0 Å². The summed E-state index contributed by atoms with van der Waals surface area (Å²) < 4.78 is 39.4. The maximum atomic E-state index is 13.1. The van der Waals surface area contributed by atoms with Crippen molar-refractivity contribution in [3.8, 4) is 11.5 Å². The smallest absolute Gasteiger partial charge is 0.387 e. The molecule has 0 saturated carbocycles. The average molecular weight is 494 g/mol. The normalized spacial score (nSPS) is 16.9. The highest BCUT2D eigenvalue weighted by molar-refractivity contribution is 8.15. The first-order chi connectivity index (χ1) is 16.4. The summed E-state index contributed by atoms with van der Waals surface area (Å²) in [6, 6.07) is 12.8. The zero-order valence-corrected chi connectivity index (χ0v) is 19.5. The van der Waals surface area contributed by atoms with Crippen molar-refractivity contribution in [3.05, 3.63) is 48.5 Å². The minimum absolute atomic E-state index is 0.0111. The molecule has 11 heteroatoms. The fourth-order valence-electron chi connectivity index (χ4n) is 3.23. The van der Waals surface area contributed by atoms with E-state index in [0.29, 0.717) is 41.9 Å². The molecule has 1 heterocycles. The van der Waals surface area contributed by atoms with Gasteiger partial charge in [0, 0.05) is 26.7 Å². The van der Waals surface area contributed by atoms with Crippen LogP contribution in [-0.2, 0) is 14.3 Å². The molecule has 2 aromatic rings. The van der Waals surface area contributed by atoms with Crippen LogP contribution in [-0.4, -0.2) is 61.1 Å². The predicted molar refractivity (Wildman–Crippen MR) is 126 cm³/mol. The zero-order chi connectivity index (χ0) is 24.5. The number of amides is 2. The number of rotatable bonds is 11. The third-order valence-corrected chi connectivity index (χ3v) is 5.96. The van der Waals surface area contributed by atoms with Gasteiger partial charge < -0.3 is 19.5 Å². The number of nitrogens with one attached hydrogen (secondary N) is 1. The second-order valence-corrected chi connectivity index (χ2v) is 8.33. The number of halogens is 2. The van der Waals surface area contributed by atoms with Gasteiger partial charge in [-0.3, -0.25) is 14.5 Å². The van der Waals surface area contributed by atoms with Gasteiger partial charge in [0.1, 0.15) is 16.7 Å². The van der Waals surface area contributed by atoms with Gasteiger partial charge in [0.05, 0.1) is 18.5 Å².